The second kappa shape index (κ2) is 6.92. The van der Waals surface area contributed by atoms with E-state index in [2.05, 4.69) is 17.1 Å². The van der Waals surface area contributed by atoms with Crippen LogP contribution in [-0.2, 0) is 12.8 Å². The molecule has 1 heterocycles. The number of rotatable bonds is 6. The highest BCUT2D eigenvalue weighted by atomic mass is 16.3. The summed E-state index contributed by atoms with van der Waals surface area (Å²) in [6.45, 7) is 0. The first-order chi connectivity index (χ1) is 8.84. The van der Waals surface area contributed by atoms with Crippen LogP contribution in [0.15, 0.2) is 54.9 Å². The van der Waals surface area contributed by atoms with Gasteiger partial charge in [-0.1, -0.05) is 30.3 Å². The fourth-order valence-corrected chi connectivity index (χ4v) is 2.01. The van der Waals surface area contributed by atoms with E-state index in [1.807, 2.05) is 30.3 Å². The van der Waals surface area contributed by atoms with Crippen molar-refractivity contribution in [2.24, 2.45) is 0 Å². The summed E-state index contributed by atoms with van der Waals surface area (Å²) >= 11 is 0. The molecule has 0 bridgehead atoms. The van der Waals surface area contributed by atoms with E-state index in [4.69, 9.17) is 0 Å². The molecule has 2 nitrogen and oxygen atoms in total. The number of aryl methyl sites for hydroxylation is 2. The molecule has 0 aliphatic rings. The molecule has 18 heavy (non-hydrogen) atoms. The van der Waals surface area contributed by atoms with Crippen molar-refractivity contribution in [1.82, 2.24) is 4.98 Å². The van der Waals surface area contributed by atoms with Crippen molar-refractivity contribution < 1.29 is 5.11 Å². The molecule has 0 aliphatic carbocycles. The molecule has 0 aliphatic heterocycles. The molecule has 0 radical (unpaired) electrons. The van der Waals surface area contributed by atoms with Gasteiger partial charge in [-0.15, -0.1) is 0 Å². The van der Waals surface area contributed by atoms with Gasteiger partial charge in [-0.05, 0) is 48.9 Å². The van der Waals surface area contributed by atoms with Gasteiger partial charge in [0.1, 0.15) is 0 Å². The van der Waals surface area contributed by atoms with Gasteiger partial charge in [0.15, 0.2) is 0 Å². The average Bonchev–Trinajstić information content (AvgIpc) is 2.45. The smallest absolute Gasteiger partial charge is 0.0546 e. The van der Waals surface area contributed by atoms with Gasteiger partial charge in [-0.2, -0.15) is 0 Å². The van der Waals surface area contributed by atoms with Crippen molar-refractivity contribution >= 4 is 0 Å². The molecule has 0 saturated carbocycles. The van der Waals surface area contributed by atoms with Crippen LogP contribution in [-0.4, -0.2) is 16.2 Å². The highest BCUT2D eigenvalue weighted by Crippen LogP contribution is 2.10. The van der Waals surface area contributed by atoms with Crippen LogP contribution in [0.4, 0.5) is 0 Å². The number of nitrogens with zero attached hydrogens (tertiary/aromatic N) is 1. The SMILES string of the molecule is OC(CCc1ccccc1)CCc1ccncc1. The van der Waals surface area contributed by atoms with Gasteiger partial charge in [0.05, 0.1) is 6.10 Å². The molecule has 2 rings (SSSR count). The van der Waals surface area contributed by atoms with Crippen LogP contribution < -0.4 is 0 Å². The molecule has 0 fully saturated rings. The molecular weight excluding hydrogens is 222 g/mol. The Morgan fingerprint density at radius 2 is 1.39 bits per heavy atom. The maximum Gasteiger partial charge on any atom is 0.0546 e. The first-order valence-corrected chi connectivity index (χ1v) is 6.45. The largest absolute Gasteiger partial charge is 0.393 e. The summed E-state index contributed by atoms with van der Waals surface area (Å²) in [6, 6.07) is 14.3. The summed E-state index contributed by atoms with van der Waals surface area (Å²) in [5.41, 5.74) is 2.53. The number of aliphatic hydroxyl groups is 1. The number of benzene rings is 1. The fourth-order valence-electron chi connectivity index (χ4n) is 2.01. The average molecular weight is 241 g/mol. The van der Waals surface area contributed by atoms with Crippen molar-refractivity contribution in [3.63, 3.8) is 0 Å². The normalized spacial score (nSPS) is 12.3. The first kappa shape index (κ1) is 12.8. The van der Waals surface area contributed by atoms with E-state index in [-0.39, 0.29) is 6.10 Å². The van der Waals surface area contributed by atoms with Crippen LogP contribution in [0.2, 0.25) is 0 Å². The molecule has 1 unspecified atom stereocenters. The molecule has 1 atom stereocenters. The molecule has 0 saturated heterocycles. The van der Waals surface area contributed by atoms with E-state index in [9.17, 15) is 5.11 Å². The van der Waals surface area contributed by atoms with E-state index in [1.165, 1.54) is 11.1 Å². The molecule has 1 aromatic carbocycles. The minimum Gasteiger partial charge on any atom is -0.393 e. The maximum atomic E-state index is 9.96. The molecular formula is C16H19NO. The van der Waals surface area contributed by atoms with Gasteiger partial charge in [0, 0.05) is 12.4 Å². The Morgan fingerprint density at radius 1 is 0.833 bits per heavy atom. The quantitative estimate of drug-likeness (QED) is 0.843. The van der Waals surface area contributed by atoms with Crippen LogP contribution in [0, 0.1) is 0 Å². The molecule has 0 amide bonds. The zero-order chi connectivity index (χ0) is 12.6. The van der Waals surface area contributed by atoms with E-state index in [0.717, 1.165) is 25.7 Å². The Kier molecular flexibility index (Phi) is 4.91. The van der Waals surface area contributed by atoms with Crippen LogP contribution in [0.5, 0.6) is 0 Å². The second-order valence-corrected chi connectivity index (χ2v) is 4.57. The lowest BCUT2D eigenvalue weighted by atomic mass is 10.0. The predicted octanol–water partition coefficient (Wildman–Crippen LogP) is 3.01. The number of aliphatic hydroxyl groups excluding tert-OH is 1. The van der Waals surface area contributed by atoms with Crippen LogP contribution >= 0.6 is 0 Å². The van der Waals surface area contributed by atoms with Gasteiger partial charge < -0.3 is 5.11 Å². The third kappa shape index (κ3) is 4.30. The van der Waals surface area contributed by atoms with E-state index >= 15 is 0 Å². The molecule has 1 aromatic heterocycles. The van der Waals surface area contributed by atoms with Crippen molar-refractivity contribution in [3.8, 4) is 0 Å². The van der Waals surface area contributed by atoms with Gasteiger partial charge in [0.25, 0.3) is 0 Å². The predicted molar refractivity (Wildman–Crippen MR) is 73.3 cm³/mol. The lowest BCUT2D eigenvalue weighted by Gasteiger charge is -2.10. The van der Waals surface area contributed by atoms with E-state index in [0.29, 0.717) is 0 Å². The fraction of sp³-hybridized carbons (Fsp3) is 0.312. The maximum absolute atomic E-state index is 9.96. The lowest BCUT2D eigenvalue weighted by Crippen LogP contribution is -2.09. The van der Waals surface area contributed by atoms with E-state index < -0.39 is 0 Å². The van der Waals surface area contributed by atoms with Crippen molar-refractivity contribution in [1.29, 1.82) is 0 Å². The highest BCUT2D eigenvalue weighted by molar-refractivity contribution is 5.14. The summed E-state index contributed by atoms with van der Waals surface area (Å²) in [6.07, 6.45) is 6.87. The van der Waals surface area contributed by atoms with Gasteiger partial charge in [0.2, 0.25) is 0 Å². The molecule has 94 valence electrons. The second-order valence-electron chi connectivity index (χ2n) is 4.57. The summed E-state index contributed by atoms with van der Waals surface area (Å²) in [7, 11) is 0. The zero-order valence-electron chi connectivity index (χ0n) is 10.5. The number of hydrogen-bond donors (Lipinski definition) is 1. The van der Waals surface area contributed by atoms with Crippen molar-refractivity contribution in [2.45, 2.75) is 31.8 Å². The van der Waals surface area contributed by atoms with Gasteiger partial charge in [-0.3, -0.25) is 4.98 Å². The van der Waals surface area contributed by atoms with E-state index in [1.54, 1.807) is 12.4 Å². The summed E-state index contributed by atoms with van der Waals surface area (Å²) in [4.78, 5) is 3.99. The molecule has 1 N–H and O–H groups in total. The Balaban J connectivity index is 1.71. The number of hydrogen-bond acceptors (Lipinski definition) is 2. The minimum atomic E-state index is -0.224. The lowest BCUT2D eigenvalue weighted by molar-refractivity contribution is 0.155. The zero-order valence-corrected chi connectivity index (χ0v) is 10.5. The van der Waals surface area contributed by atoms with Gasteiger partial charge in [-0.25, -0.2) is 0 Å². The van der Waals surface area contributed by atoms with Crippen molar-refractivity contribution in [2.75, 3.05) is 0 Å². The monoisotopic (exact) mass is 241 g/mol. The Labute approximate surface area is 108 Å². The van der Waals surface area contributed by atoms with Crippen LogP contribution in [0.25, 0.3) is 0 Å². The Bertz CT molecular complexity index is 398. The number of pyridine rings is 1. The van der Waals surface area contributed by atoms with Crippen molar-refractivity contribution in [3.05, 3.63) is 66.0 Å². The minimum absolute atomic E-state index is 0.224. The Morgan fingerprint density at radius 3 is 2.00 bits per heavy atom. The molecule has 2 heteroatoms. The Hall–Kier alpha value is -1.67. The van der Waals surface area contributed by atoms with Crippen LogP contribution in [0.3, 0.4) is 0 Å². The first-order valence-electron chi connectivity index (χ1n) is 6.45. The summed E-state index contributed by atoms with van der Waals surface area (Å²) in [5.74, 6) is 0. The third-order valence-corrected chi connectivity index (χ3v) is 3.12. The van der Waals surface area contributed by atoms with Crippen LogP contribution in [0.1, 0.15) is 24.0 Å². The molecule has 2 aromatic rings. The highest BCUT2D eigenvalue weighted by Gasteiger charge is 2.05. The number of aromatic nitrogens is 1. The topological polar surface area (TPSA) is 33.1 Å². The standard InChI is InChI=1S/C16H19NO/c18-16(8-6-14-4-2-1-3-5-14)9-7-15-10-12-17-13-11-15/h1-5,10-13,16,18H,6-9H2. The third-order valence-electron chi connectivity index (χ3n) is 3.12. The summed E-state index contributed by atoms with van der Waals surface area (Å²) < 4.78 is 0. The van der Waals surface area contributed by atoms with Gasteiger partial charge >= 0.3 is 0 Å². The molecule has 0 spiro atoms. The summed E-state index contributed by atoms with van der Waals surface area (Å²) in [5, 5.41) is 9.96.